The first kappa shape index (κ1) is 22.9. The number of nitrogens with zero attached hydrogens (tertiary/aromatic N) is 2. The van der Waals surface area contributed by atoms with Gasteiger partial charge in [0, 0.05) is 24.3 Å². The van der Waals surface area contributed by atoms with Crippen molar-refractivity contribution >= 4 is 59.3 Å². The fourth-order valence-corrected chi connectivity index (χ4v) is 3.32. The number of morpholine rings is 1. The van der Waals surface area contributed by atoms with Crippen molar-refractivity contribution in [3.05, 3.63) is 53.1 Å². The normalized spacial score (nSPS) is 14.0. The number of anilines is 3. The molecule has 1 aliphatic heterocycles. The fraction of sp³-hybridized carbons (Fsp3) is 0.250. The largest absolute Gasteiger partial charge is 0.379 e. The molecule has 2 aromatic rings. The van der Waals surface area contributed by atoms with E-state index in [0.29, 0.717) is 48.9 Å². The van der Waals surface area contributed by atoms with Crippen LogP contribution in [-0.2, 0) is 9.53 Å². The first-order chi connectivity index (χ1) is 14.8. The average molecular weight is 464 g/mol. The minimum atomic E-state index is -0.562. The van der Waals surface area contributed by atoms with Gasteiger partial charge in [-0.1, -0.05) is 24.4 Å². The van der Waals surface area contributed by atoms with Gasteiger partial charge in [-0.15, -0.1) is 0 Å². The third kappa shape index (κ3) is 6.34. The highest BCUT2D eigenvalue weighted by molar-refractivity contribution is 7.82. The van der Waals surface area contributed by atoms with E-state index in [1.165, 1.54) is 18.2 Å². The Balaban J connectivity index is 1.58. The summed E-state index contributed by atoms with van der Waals surface area (Å²) in [6.07, 6.45) is 0. The number of hydrogen-bond donors (Lipinski definition) is 4. The molecule has 0 atom stereocenters. The Morgan fingerprint density at radius 3 is 2.39 bits per heavy atom. The number of carbonyl (C=O) groups is 3. The quantitative estimate of drug-likeness (QED) is 0.491. The molecule has 0 spiro atoms. The third-order valence-electron chi connectivity index (χ3n) is 4.55. The molecule has 1 fully saturated rings. The van der Waals surface area contributed by atoms with Crippen LogP contribution < -0.4 is 20.7 Å². The molecule has 0 saturated carbocycles. The average Bonchev–Trinajstić information content (AvgIpc) is 2.76. The topological polar surface area (TPSA) is 117 Å². The van der Waals surface area contributed by atoms with Crippen molar-refractivity contribution in [1.29, 1.82) is 0 Å². The van der Waals surface area contributed by atoms with Crippen LogP contribution in [0.15, 0.2) is 42.5 Å². The number of nitrogens with one attached hydrogen (secondary N) is 2. The predicted molar refractivity (Wildman–Crippen MR) is 123 cm³/mol. The lowest BCUT2D eigenvalue weighted by molar-refractivity contribution is -0.118. The number of rotatable bonds is 6. The third-order valence-corrected chi connectivity index (χ3v) is 5.28. The van der Waals surface area contributed by atoms with Crippen molar-refractivity contribution in [3.8, 4) is 0 Å². The highest BCUT2D eigenvalue weighted by Gasteiger charge is 2.16. The van der Waals surface area contributed by atoms with Gasteiger partial charge < -0.3 is 21.1 Å². The number of halogens is 1. The molecule has 9 nitrogen and oxygen atoms in total. The zero-order valence-corrected chi connectivity index (χ0v) is 18.2. The first-order valence-electron chi connectivity index (χ1n) is 9.43. The van der Waals surface area contributed by atoms with Gasteiger partial charge in [-0.2, -0.15) is 0 Å². The molecule has 0 aliphatic carbocycles. The summed E-state index contributed by atoms with van der Waals surface area (Å²) < 4.78 is 6.35. The summed E-state index contributed by atoms with van der Waals surface area (Å²) in [5, 5.41) is 5.72. The Morgan fingerprint density at radius 2 is 1.77 bits per heavy atom. The summed E-state index contributed by atoms with van der Waals surface area (Å²) in [5.41, 5.74) is 6.85. The molecule has 4 N–H and O–H groups in total. The van der Waals surface area contributed by atoms with E-state index in [1.807, 2.05) is 4.90 Å². The van der Waals surface area contributed by atoms with Crippen LogP contribution in [0.3, 0.4) is 0 Å². The van der Waals surface area contributed by atoms with Crippen molar-refractivity contribution in [3.63, 3.8) is 0 Å². The van der Waals surface area contributed by atoms with Gasteiger partial charge in [-0.25, -0.2) is 9.10 Å². The van der Waals surface area contributed by atoms with E-state index in [2.05, 4.69) is 23.4 Å². The van der Waals surface area contributed by atoms with E-state index in [0.717, 1.165) is 4.31 Å². The summed E-state index contributed by atoms with van der Waals surface area (Å²) in [5.74, 6) is -0.741. The molecule has 11 heteroatoms. The van der Waals surface area contributed by atoms with Crippen molar-refractivity contribution in [2.45, 2.75) is 0 Å². The summed E-state index contributed by atoms with van der Waals surface area (Å²) in [6, 6.07) is 10.3. The Labute approximate surface area is 190 Å². The van der Waals surface area contributed by atoms with Crippen molar-refractivity contribution in [1.82, 2.24) is 4.90 Å². The van der Waals surface area contributed by atoms with Crippen LogP contribution in [-0.4, -0.2) is 55.6 Å². The molecule has 0 aromatic heterocycles. The number of primary amides is 1. The zero-order chi connectivity index (χ0) is 22.4. The van der Waals surface area contributed by atoms with E-state index < -0.39 is 11.9 Å². The molecular weight excluding hydrogens is 442 g/mol. The van der Waals surface area contributed by atoms with Crippen molar-refractivity contribution in [2.24, 2.45) is 5.73 Å². The van der Waals surface area contributed by atoms with E-state index in [-0.39, 0.29) is 17.5 Å². The van der Waals surface area contributed by atoms with Crippen LogP contribution in [0.2, 0.25) is 5.02 Å². The molecule has 2 aromatic carbocycles. The van der Waals surface area contributed by atoms with Crippen LogP contribution in [0.1, 0.15) is 10.4 Å². The molecule has 0 bridgehead atoms. The number of ether oxygens (including phenoxy) is 1. The van der Waals surface area contributed by atoms with Gasteiger partial charge in [0.2, 0.25) is 11.8 Å². The second-order valence-electron chi connectivity index (χ2n) is 6.78. The van der Waals surface area contributed by atoms with Gasteiger partial charge in [-0.3, -0.25) is 14.5 Å². The number of thiol groups is 1. The number of urea groups is 1. The lowest BCUT2D eigenvalue weighted by atomic mass is 10.2. The predicted octanol–water partition coefficient (Wildman–Crippen LogP) is 2.59. The van der Waals surface area contributed by atoms with E-state index in [9.17, 15) is 14.4 Å². The van der Waals surface area contributed by atoms with Crippen LogP contribution in [0.4, 0.5) is 21.9 Å². The molecule has 0 unspecified atom stereocenters. The minimum absolute atomic E-state index is 0.179. The number of carbonyl (C=O) groups excluding carboxylic acids is 3. The van der Waals surface area contributed by atoms with Crippen LogP contribution in [0.25, 0.3) is 0 Å². The van der Waals surface area contributed by atoms with Gasteiger partial charge in [0.25, 0.3) is 0 Å². The van der Waals surface area contributed by atoms with E-state index in [4.69, 9.17) is 22.1 Å². The Kier molecular flexibility index (Phi) is 7.75. The minimum Gasteiger partial charge on any atom is -0.379 e. The summed E-state index contributed by atoms with van der Waals surface area (Å²) in [7, 11) is 0. The first-order valence-corrected chi connectivity index (χ1v) is 10.2. The molecule has 1 heterocycles. The molecule has 4 amide bonds. The van der Waals surface area contributed by atoms with Gasteiger partial charge in [0.05, 0.1) is 36.2 Å². The van der Waals surface area contributed by atoms with Gasteiger partial charge in [0.15, 0.2) is 0 Å². The van der Waals surface area contributed by atoms with Gasteiger partial charge in [0.1, 0.15) is 0 Å². The molecule has 31 heavy (non-hydrogen) atoms. The smallest absolute Gasteiger partial charge is 0.336 e. The van der Waals surface area contributed by atoms with Crippen molar-refractivity contribution in [2.75, 3.05) is 47.8 Å². The molecule has 164 valence electrons. The molecular formula is C20H22ClN5O4S. The fourth-order valence-electron chi connectivity index (χ4n) is 2.91. The van der Waals surface area contributed by atoms with Gasteiger partial charge in [-0.05, 0) is 42.5 Å². The van der Waals surface area contributed by atoms with Crippen LogP contribution >= 0.6 is 24.4 Å². The highest BCUT2D eigenvalue weighted by atomic mass is 35.5. The number of nitrogens with two attached hydrogens (primary N) is 1. The summed E-state index contributed by atoms with van der Waals surface area (Å²) >= 11 is 10.5. The van der Waals surface area contributed by atoms with Crippen molar-refractivity contribution < 1.29 is 19.1 Å². The summed E-state index contributed by atoms with van der Waals surface area (Å²) in [4.78, 5) is 37.8. The maximum Gasteiger partial charge on any atom is 0.336 e. The molecule has 1 aliphatic rings. The Morgan fingerprint density at radius 1 is 1.10 bits per heavy atom. The standard InChI is InChI=1S/C20H22ClN5O4S/c21-16-11-14(3-6-17(16)24-18(27)12-25-7-9-30-10-8-25)23-20(29)26(31)15-4-1-13(2-5-15)19(22)28/h1-6,11,31H,7-10,12H2,(H2,22,28)(H,23,29)(H,24,27). The van der Waals surface area contributed by atoms with Crippen LogP contribution in [0.5, 0.6) is 0 Å². The lowest BCUT2D eigenvalue weighted by Gasteiger charge is -2.25. The van der Waals surface area contributed by atoms with E-state index >= 15 is 0 Å². The van der Waals surface area contributed by atoms with Gasteiger partial charge >= 0.3 is 6.03 Å². The Bertz CT molecular complexity index is 967. The number of benzene rings is 2. The second-order valence-corrected chi connectivity index (χ2v) is 7.59. The highest BCUT2D eigenvalue weighted by Crippen LogP contribution is 2.26. The molecule has 3 rings (SSSR count). The maximum atomic E-state index is 12.4. The zero-order valence-electron chi connectivity index (χ0n) is 16.5. The Hall–Kier alpha value is -2.79. The number of amides is 4. The molecule has 1 saturated heterocycles. The van der Waals surface area contributed by atoms with Crippen LogP contribution in [0, 0.1) is 0 Å². The van der Waals surface area contributed by atoms with E-state index in [1.54, 1.807) is 24.3 Å². The SMILES string of the molecule is NC(=O)c1ccc(N(S)C(=O)Nc2ccc(NC(=O)CN3CCOCC3)c(Cl)c2)cc1. The maximum absolute atomic E-state index is 12.4. The number of hydrogen-bond acceptors (Lipinski definition) is 6. The molecule has 0 radical (unpaired) electrons. The summed E-state index contributed by atoms with van der Waals surface area (Å²) in [6.45, 7) is 2.89. The monoisotopic (exact) mass is 463 g/mol. The lowest BCUT2D eigenvalue weighted by Crippen LogP contribution is -2.41. The second kappa shape index (κ2) is 10.5.